The fraction of sp³-hybridized carbons (Fsp3) is 0.667. The van der Waals surface area contributed by atoms with Crippen molar-refractivity contribution in [2.45, 2.75) is 44.0 Å². The first kappa shape index (κ1) is 16.9. The van der Waals surface area contributed by atoms with Gasteiger partial charge in [0, 0.05) is 21.8 Å². The van der Waals surface area contributed by atoms with Crippen molar-refractivity contribution in [3.8, 4) is 0 Å². The Hall–Kier alpha value is -0.140. The molecule has 1 aromatic heterocycles. The third-order valence-corrected chi connectivity index (χ3v) is 6.39. The molecule has 0 saturated heterocycles. The number of nitrogens with one attached hydrogen (secondary N) is 1. The van der Waals surface area contributed by atoms with Gasteiger partial charge in [-0.05, 0) is 45.6 Å². The van der Waals surface area contributed by atoms with Crippen LogP contribution in [0.2, 0.25) is 0 Å². The minimum Gasteiger partial charge on any atom is -0.329 e. The zero-order valence-corrected chi connectivity index (χ0v) is 13.8. The van der Waals surface area contributed by atoms with Crippen LogP contribution in [0.5, 0.6) is 0 Å². The minimum absolute atomic E-state index is 0. The van der Waals surface area contributed by atoms with Crippen LogP contribution >= 0.6 is 23.7 Å². The summed E-state index contributed by atoms with van der Waals surface area (Å²) in [6.45, 7) is 5.98. The van der Waals surface area contributed by atoms with Gasteiger partial charge in [0.25, 0.3) is 0 Å². The van der Waals surface area contributed by atoms with Crippen LogP contribution in [0.15, 0.2) is 11.0 Å². The van der Waals surface area contributed by atoms with E-state index in [1.54, 1.807) is 6.07 Å². The van der Waals surface area contributed by atoms with Crippen LogP contribution in [0.25, 0.3) is 0 Å². The van der Waals surface area contributed by atoms with Crippen LogP contribution in [0.3, 0.4) is 0 Å². The second kappa shape index (κ2) is 5.69. The molecule has 1 heterocycles. The Kier molecular flexibility index (Phi) is 5.07. The molecule has 2 rings (SSSR count). The van der Waals surface area contributed by atoms with E-state index in [1.807, 2.05) is 20.8 Å². The molecule has 0 bridgehead atoms. The quantitative estimate of drug-likeness (QED) is 0.872. The van der Waals surface area contributed by atoms with Crippen LogP contribution in [-0.2, 0) is 10.0 Å². The summed E-state index contributed by atoms with van der Waals surface area (Å²) in [7, 11) is -3.46. The van der Waals surface area contributed by atoms with Crippen molar-refractivity contribution in [3.05, 3.63) is 15.8 Å². The summed E-state index contributed by atoms with van der Waals surface area (Å²) in [4.78, 5) is 2.23. The summed E-state index contributed by atoms with van der Waals surface area (Å²) in [6, 6.07) is 1.73. The highest BCUT2D eigenvalue weighted by Crippen LogP contribution is 2.40. The Morgan fingerprint density at radius 3 is 2.42 bits per heavy atom. The molecule has 7 heteroatoms. The molecule has 0 aliphatic heterocycles. The molecular weight excluding hydrogens is 304 g/mol. The number of thiophene rings is 1. The maximum absolute atomic E-state index is 12.4. The highest BCUT2D eigenvalue weighted by molar-refractivity contribution is 7.89. The van der Waals surface area contributed by atoms with Crippen LogP contribution < -0.4 is 10.5 Å². The van der Waals surface area contributed by atoms with Crippen molar-refractivity contribution < 1.29 is 8.42 Å². The van der Waals surface area contributed by atoms with Crippen molar-refractivity contribution in [2.24, 2.45) is 11.7 Å². The largest absolute Gasteiger partial charge is 0.329 e. The lowest BCUT2D eigenvalue weighted by atomic mass is 9.98. The third-order valence-electron chi connectivity index (χ3n) is 3.55. The molecule has 0 spiro atoms. The average Bonchev–Trinajstić information content (AvgIpc) is 3.04. The highest BCUT2D eigenvalue weighted by Gasteiger charge is 2.43. The van der Waals surface area contributed by atoms with E-state index in [4.69, 9.17) is 5.73 Å². The molecule has 3 N–H and O–H groups in total. The molecular formula is C12H21ClN2O2S2. The van der Waals surface area contributed by atoms with Crippen LogP contribution in [0, 0.1) is 19.8 Å². The zero-order valence-electron chi connectivity index (χ0n) is 11.4. The number of sulfonamides is 1. The first-order valence-corrected chi connectivity index (χ1v) is 8.39. The van der Waals surface area contributed by atoms with E-state index < -0.39 is 15.6 Å². The highest BCUT2D eigenvalue weighted by atomic mass is 35.5. The summed E-state index contributed by atoms with van der Waals surface area (Å²) in [6.07, 6.45) is 2.11. The van der Waals surface area contributed by atoms with E-state index >= 15 is 0 Å². The van der Waals surface area contributed by atoms with Gasteiger partial charge in [0.05, 0.1) is 4.90 Å². The number of nitrogens with two attached hydrogens (primary N) is 1. The van der Waals surface area contributed by atoms with Crippen LogP contribution in [0.4, 0.5) is 0 Å². The Balaban J connectivity index is 0.00000180. The molecule has 0 aromatic carbocycles. The third kappa shape index (κ3) is 3.49. The second-order valence-electron chi connectivity index (χ2n) is 5.28. The lowest BCUT2D eigenvalue weighted by molar-refractivity contribution is 0.374. The van der Waals surface area contributed by atoms with Gasteiger partial charge < -0.3 is 5.73 Å². The summed E-state index contributed by atoms with van der Waals surface area (Å²) >= 11 is 1.50. The van der Waals surface area contributed by atoms with Gasteiger partial charge in [-0.1, -0.05) is 0 Å². The average molecular weight is 325 g/mol. The Labute approximate surface area is 125 Å². The number of rotatable bonds is 5. The predicted molar refractivity (Wildman–Crippen MR) is 81.5 cm³/mol. The molecule has 4 nitrogen and oxygen atoms in total. The Morgan fingerprint density at radius 1 is 1.47 bits per heavy atom. The van der Waals surface area contributed by atoms with Gasteiger partial charge in [0.1, 0.15) is 0 Å². The lowest BCUT2D eigenvalue weighted by Gasteiger charge is -2.29. The van der Waals surface area contributed by atoms with E-state index in [1.165, 1.54) is 11.3 Å². The number of halogens is 1. The van der Waals surface area contributed by atoms with Gasteiger partial charge in [0.15, 0.2) is 0 Å². The fourth-order valence-corrected chi connectivity index (χ4v) is 5.28. The van der Waals surface area contributed by atoms with Gasteiger partial charge in [-0.15, -0.1) is 23.7 Å². The summed E-state index contributed by atoms with van der Waals surface area (Å²) in [5.41, 5.74) is 5.24. The van der Waals surface area contributed by atoms with Crippen LogP contribution in [-0.4, -0.2) is 20.5 Å². The molecule has 1 aromatic rings. The predicted octanol–water partition coefficient (Wildman–Crippen LogP) is 2.19. The topological polar surface area (TPSA) is 72.2 Å². The first-order valence-electron chi connectivity index (χ1n) is 6.09. The smallest absolute Gasteiger partial charge is 0.242 e. The van der Waals surface area contributed by atoms with Crippen molar-refractivity contribution >= 4 is 33.8 Å². The molecule has 1 atom stereocenters. The maximum atomic E-state index is 12.4. The molecule has 1 aliphatic carbocycles. The minimum atomic E-state index is -3.46. The molecule has 0 amide bonds. The van der Waals surface area contributed by atoms with Crippen molar-refractivity contribution in [3.63, 3.8) is 0 Å². The molecule has 1 saturated carbocycles. The first-order chi connectivity index (χ1) is 8.28. The molecule has 1 aliphatic rings. The van der Waals surface area contributed by atoms with Crippen molar-refractivity contribution in [1.29, 1.82) is 0 Å². The molecule has 0 radical (unpaired) electrons. The molecule has 1 unspecified atom stereocenters. The summed E-state index contributed by atoms with van der Waals surface area (Å²) in [5, 5.41) is 0. The van der Waals surface area contributed by atoms with E-state index in [-0.39, 0.29) is 12.4 Å². The SMILES string of the molecule is Cc1cc(S(=O)(=O)NC(C)(CN)C2CC2)c(C)s1.Cl. The van der Waals surface area contributed by atoms with E-state index in [9.17, 15) is 8.42 Å². The van der Waals surface area contributed by atoms with E-state index in [2.05, 4.69) is 4.72 Å². The standard InChI is InChI=1S/C12H20N2O2S2.ClH/c1-8-6-11(9(2)17-8)18(15,16)14-12(3,7-13)10-4-5-10;/h6,10,14H,4-5,7,13H2,1-3H3;1H. The Bertz CT molecular complexity index is 552. The summed E-state index contributed by atoms with van der Waals surface area (Å²) in [5.74, 6) is 0.373. The summed E-state index contributed by atoms with van der Waals surface area (Å²) < 4.78 is 27.6. The van der Waals surface area contributed by atoms with Crippen molar-refractivity contribution in [2.75, 3.05) is 6.54 Å². The van der Waals surface area contributed by atoms with Crippen molar-refractivity contribution in [1.82, 2.24) is 4.72 Å². The normalized spacial score (nSPS) is 18.7. The van der Waals surface area contributed by atoms with Gasteiger partial charge in [0.2, 0.25) is 10.0 Å². The Morgan fingerprint density at radius 2 is 2.05 bits per heavy atom. The van der Waals surface area contributed by atoms with Gasteiger partial charge in [-0.3, -0.25) is 0 Å². The molecule has 1 fully saturated rings. The number of aryl methyl sites for hydroxylation is 2. The number of hydrogen-bond donors (Lipinski definition) is 2. The van der Waals surface area contributed by atoms with E-state index in [0.717, 1.165) is 22.6 Å². The van der Waals surface area contributed by atoms with Gasteiger partial charge >= 0.3 is 0 Å². The second-order valence-corrected chi connectivity index (χ2v) is 8.39. The monoisotopic (exact) mass is 324 g/mol. The molecule has 19 heavy (non-hydrogen) atoms. The van der Waals surface area contributed by atoms with Gasteiger partial charge in [-0.2, -0.15) is 0 Å². The van der Waals surface area contributed by atoms with E-state index in [0.29, 0.717) is 17.4 Å². The van der Waals surface area contributed by atoms with Gasteiger partial charge in [-0.25, -0.2) is 13.1 Å². The maximum Gasteiger partial charge on any atom is 0.242 e. The fourth-order valence-electron chi connectivity index (χ4n) is 2.25. The lowest BCUT2D eigenvalue weighted by Crippen LogP contribution is -2.52. The number of hydrogen-bond acceptors (Lipinski definition) is 4. The van der Waals surface area contributed by atoms with Crippen LogP contribution in [0.1, 0.15) is 29.5 Å². The molecule has 110 valence electrons. The zero-order chi connectivity index (χ0) is 13.6.